The molecule has 0 spiro atoms. The minimum absolute atomic E-state index is 0.0197. The predicted molar refractivity (Wildman–Crippen MR) is 91.7 cm³/mol. The first-order chi connectivity index (χ1) is 11.7. The summed E-state index contributed by atoms with van der Waals surface area (Å²) in [6, 6.07) is 5.52. The molecule has 0 aliphatic heterocycles. The molecule has 136 valence electrons. The van der Waals surface area contributed by atoms with Crippen molar-refractivity contribution in [1.82, 2.24) is 9.97 Å². The Labute approximate surface area is 148 Å². The normalized spacial score (nSPS) is 12.6. The van der Waals surface area contributed by atoms with Crippen LogP contribution in [-0.2, 0) is 6.18 Å². The van der Waals surface area contributed by atoms with Crippen molar-refractivity contribution in [2.24, 2.45) is 0 Å². The van der Waals surface area contributed by atoms with Crippen LogP contribution in [0.25, 0.3) is 0 Å². The molecular weight excluding hydrogens is 357 g/mol. The van der Waals surface area contributed by atoms with Gasteiger partial charge in [-0.15, -0.1) is 0 Å². The highest BCUT2D eigenvalue weighted by Crippen LogP contribution is 2.33. The van der Waals surface area contributed by atoms with Gasteiger partial charge < -0.3 is 15.4 Å². The van der Waals surface area contributed by atoms with Crippen LogP contribution in [0.2, 0.25) is 5.02 Å². The lowest BCUT2D eigenvalue weighted by atomic mass is 10.2. The van der Waals surface area contributed by atoms with Crippen LogP contribution in [-0.4, -0.2) is 23.1 Å². The Kier molecular flexibility index (Phi) is 5.94. The largest absolute Gasteiger partial charge is 0.495 e. The molecule has 0 saturated carbocycles. The van der Waals surface area contributed by atoms with E-state index in [4.69, 9.17) is 16.3 Å². The van der Waals surface area contributed by atoms with Gasteiger partial charge in [-0.1, -0.05) is 18.5 Å². The van der Waals surface area contributed by atoms with Crippen LogP contribution < -0.4 is 15.4 Å². The average Bonchev–Trinajstić information content (AvgIpc) is 2.54. The average molecular weight is 375 g/mol. The van der Waals surface area contributed by atoms with Crippen molar-refractivity contribution in [2.45, 2.75) is 32.5 Å². The topological polar surface area (TPSA) is 59.1 Å². The predicted octanol–water partition coefficient (Wildman–Crippen LogP) is 5.11. The molecule has 1 aromatic carbocycles. The number of rotatable bonds is 6. The lowest BCUT2D eigenvalue weighted by Crippen LogP contribution is -2.18. The maximum absolute atomic E-state index is 13.1. The Bertz CT molecular complexity index is 740. The summed E-state index contributed by atoms with van der Waals surface area (Å²) >= 11 is 5.94. The van der Waals surface area contributed by atoms with E-state index in [1.165, 1.54) is 13.2 Å². The van der Waals surface area contributed by atoms with Crippen LogP contribution in [0.4, 0.5) is 30.6 Å². The summed E-state index contributed by atoms with van der Waals surface area (Å²) in [7, 11) is 1.45. The van der Waals surface area contributed by atoms with Crippen LogP contribution in [0.15, 0.2) is 24.3 Å². The standard InChI is InChI=1S/C16H18ClF3N4O/c1-4-9(2)21-15-23-13(16(18,19)20)8-14(24-15)22-11-7-10(17)5-6-12(11)25-3/h5-9H,4H2,1-3H3,(H2,21,22,23,24)/t9-/m1/s1. The first kappa shape index (κ1) is 19.1. The maximum Gasteiger partial charge on any atom is 0.433 e. The molecule has 0 aliphatic carbocycles. The van der Waals surface area contributed by atoms with Crippen molar-refractivity contribution >= 4 is 29.1 Å². The molecule has 0 bridgehead atoms. The van der Waals surface area contributed by atoms with E-state index in [2.05, 4.69) is 20.6 Å². The Hall–Kier alpha value is -2.22. The van der Waals surface area contributed by atoms with E-state index in [0.29, 0.717) is 22.9 Å². The van der Waals surface area contributed by atoms with Crippen molar-refractivity contribution in [2.75, 3.05) is 17.7 Å². The van der Waals surface area contributed by atoms with Gasteiger partial charge in [0.05, 0.1) is 12.8 Å². The summed E-state index contributed by atoms with van der Waals surface area (Å²) in [6.45, 7) is 3.73. The number of halogens is 4. The fraction of sp³-hybridized carbons (Fsp3) is 0.375. The molecule has 0 aliphatic rings. The summed E-state index contributed by atoms with van der Waals surface area (Å²) in [5.41, 5.74) is -0.645. The maximum atomic E-state index is 13.1. The van der Waals surface area contributed by atoms with Gasteiger partial charge >= 0.3 is 6.18 Å². The molecule has 2 N–H and O–H groups in total. The highest BCUT2D eigenvalue weighted by Gasteiger charge is 2.34. The molecule has 2 rings (SSSR count). The second-order valence-electron chi connectivity index (χ2n) is 5.38. The van der Waals surface area contributed by atoms with Gasteiger partial charge in [0.1, 0.15) is 11.6 Å². The number of ether oxygens (including phenoxy) is 1. The smallest absolute Gasteiger partial charge is 0.433 e. The Morgan fingerprint density at radius 2 is 1.96 bits per heavy atom. The van der Waals surface area contributed by atoms with Gasteiger partial charge in [0.15, 0.2) is 5.69 Å². The molecule has 5 nitrogen and oxygen atoms in total. The molecule has 0 radical (unpaired) electrons. The van der Waals surface area contributed by atoms with Crippen LogP contribution in [0, 0.1) is 0 Å². The number of aromatic nitrogens is 2. The number of nitrogens with one attached hydrogen (secondary N) is 2. The third-order valence-corrected chi connectivity index (χ3v) is 3.66. The highest BCUT2D eigenvalue weighted by atomic mass is 35.5. The summed E-state index contributed by atoms with van der Waals surface area (Å²) < 4.78 is 44.6. The summed E-state index contributed by atoms with van der Waals surface area (Å²) in [6.07, 6.45) is -3.88. The molecule has 0 fully saturated rings. The first-order valence-electron chi connectivity index (χ1n) is 7.56. The summed E-state index contributed by atoms with van der Waals surface area (Å²) in [4.78, 5) is 7.65. The van der Waals surface area contributed by atoms with Gasteiger partial charge in [0.2, 0.25) is 5.95 Å². The summed E-state index contributed by atoms with van der Waals surface area (Å²) in [5, 5.41) is 6.07. The number of methoxy groups -OCH3 is 1. The minimum atomic E-state index is -4.59. The minimum Gasteiger partial charge on any atom is -0.495 e. The number of hydrogen-bond acceptors (Lipinski definition) is 5. The molecule has 2 aromatic rings. The van der Waals surface area contributed by atoms with E-state index in [9.17, 15) is 13.2 Å². The molecule has 0 saturated heterocycles. The number of benzene rings is 1. The SMILES string of the molecule is CC[C@@H](C)Nc1nc(Nc2cc(Cl)ccc2OC)cc(C(F)(F)F)n1. The number of hydrogen-bond donors (Lipinski definition) is 2. The van der Waals surface area contributed by atoms with Gasteiger partial charge in [-0.05, 0) is 31.5 Å². The Morgan fingerprint density at radius 3 is 2.56 bits per heavy atom. The van der Waals surface area contributed by atoms with Crippen molar-refractivity contribution in [3.63, 3.8) is 0 Å². The molecule has 0 unspecified atom stereocenters. The van der Waals surface area contributed by atoms with Gasteiger partial charge in [-0.25, -0.2) is 4.98 Å². The van der Waals surface area contributed by atoms with Crippen LogP contribution in [0.5, 0.6) is 5.75 Å². The zero-order valence-electron chi connectivity index (χ0n) is 13.9. The van der Waals surface area contributed by atoms with E-state index in [1.54, 1.807) is 12.1 Å². The van der Waals surface area contributed by atoms with Crippen LogP contribution >= 0.6 is 11.6 Å². The van der Waals surface area contributed by atoms with Crippen molar-refractivity contribution in [3.8, 4) is 5.75 Å². The van der Waals surface area contributed by atoms with Gasteiger partial charge in [-0.2, -0.15) is 18.2 Å². The lowest BCUT2D eigenvalue weighted by Gasteiger charge is -2.16. The fourth-order valence-corrected chi connectivity index (χ4v) is 2.13. The van der Waals surface area contributed by atoms with Crippen LogP contribution in [0.3, 0.4) is 0 Å². The van der Waals surface area contributed by atoms with E-state index in [1.807, 2.05) is 13.8 Å². The molecule has 25 heavy (non-hydrogen) atoms. The highest BCUT2D eigenvalue weighted by molar-refractivity contribution is 6.31. The lowest BCUT2D eigenvalue weighted by molar-refractivity contribution is -0.141. The van der Waals surface area contributed by atoms with Gasteiger partial charge in [0, 0.05) is 17.1 Å². The molecule has 1 atom stereocenters. The monoisotopic (exact) mass is 374 g/mol. The zero-order chi connectivity index (χ0) is 18.6. The van der Waals surface area contributed by atoms with Crippen molar-refractivity contribution < 1.29 is 17.9 Å². The molecule has 0 amide bonds. The molecular formula is C16H18ClF3N4O. The van der Waals surface area contributed by atoms with Crippen molar-refractivity contribution in [3.05, 3.63) is 35.0 Å². The Morgan fingerprint density at radius 1 is 1.24 bits per heavy atom. The fourth-order valence-electron chi connectivity index (χ4n) is 1.96. The quantitative estimate of drug-likeness (QED) is 0.735. The van der Waals surface area contributed by atoms with E-state index >= 15 is 0 Å². The number of alkyl halides is 3. The van der Waals surface area contributed by atoms with E-state index in [-0.39, 0.29) is 17.8 Å². The number of anilines is 3. The molecule has 1 heterocycles. The molecule has 1 aromatic heterocycles. The first-order valence-corrected chi connectivity index (χ1v) is 7.94. The van der Waals surface area contributed by atoms with E-state index < -0.39 is 11.9 Å². The van der Waals surface area contributed by atoms with Gasteiger partial charge in [0.25, 0.3) is 0 Å². The van der Waals surface area contributed by atoms with Gasteiger partial charge in [-0.3, -0.25) is 0 Å². The zero-order valence-corrected chi connectivity index (χ0v) is 14.7. The molecule has 9 heteroatoms. The third-order valence-electron chi connectivity index (χ3n) is 3.43. The third kappa shape index (κ3) is 5.12. The van der Waals surface area contributed by atoms with Crippen molar-refractivity contribution in [1.29, 1.82) is 0 Å². The summed E-state index contributed by atoms with van der Waals surface area (Å²) in [5.74, 6) is 0.300. The number of nitrogens with zero attached hydrogens (tertiary/aromatic N) is 2. The second-order valence-corrected chi connectivity index (χ2v) is 5.82. The Balaban J connectivity index is 2.42. The van der Waals surface area contributed by atoms with Crippen LogP contribution in [0.1, 0.15) is 26.0 Å². The van der Waals surface area contributed by atoms with E-state index in [0.717, 1.165) is 6.07 Å². The second kappa shape index (κ2) is 7.77.